The summed E-state index contributed by atoms with van der Waals surface area (Å²) in [5.74, 6) is 0.813. The van der Waals surface area contributed by atoms with E-state index in [0.717, 1.165) is 15.9 Å². The van der Waals surface area contributed by atoms with Crippen molar-refractivity contribution >= 4 is 55.6 Å². The normalized spacial score (nSPS) is 10.6. The van der Waals surface area contributed by atoms with Gasteiger partial charge in [-0.2, -0.15) is 0 Å². The minimum atomic E-state index is -0.311. The Balaban J connectivity index is 1.95. The van der Waals surface area contributed by atoms with Crippen LogP contribution in [0.4, 0.5) is 5.13 Å². The average Bonchev–Trinajstić information content (AvgIpc) is 3.00. The first-order chi connectivity index (χ1) is 11.9. The molecule has 0 bridgehead atoms. The number of aryl methyl sites for hydroxylation is 1. The lowest BCUT2D eigenvalue weighted by Gasteiger charge is -2.12. The van der Waals surface area contributed by atoms with Crippen LogP contribution in [0.15, 0.2) is 22.7 Å². The van der Waals surface area contributed by atoms with Gasteiger partial charge >= 0.3 is 0 Å². The molecule has 1 aromatic carbocycles. The van der Waals surface area contributed by atoms with Crippen molar-refractivity contribution in [3.05, 3.63) is 33.2 Å². The number of nitrogens with zero attached hydrogens (tertiary/aromatic N) is 2. The Labute approximate surface area is 164 Å². The van der Waals surface area contributed by atoms with E-state index in [0.29, 0.717) is 29.0 Å². The van der Waals surface area contributed by atoms with Crippen LogP contribution in [0.3, 0.4) is 0 Å². The SMILES string of the molecule is CCc1nnc(NC(=S)NC(=O)c2ccc(OCC(C)C)c(Br)c2)s1. The van der Waals surface area contributed by atoms with E-state index in [1.54, 1.807) is 18.2 Å². The van der Waals surface area contributed by atoms with Crippen LogP contribution in [0.5, 0.6) is 5.75 Å². The highest BCUT2D eigenvalue weighted by molar-refractivity contribution is 9.10. The Morgan fingerprint density at radius 2 is 2.16 bits per heavy atom. The average molecular weight is 443 g/mol. The molecule has 0 saturated heterocycles. The monoisotopic (exact) mass is 442 g/mol. The van der Waals surface area contributed by atoms with Crippen molar-refractivity contribution in [2.45, 2.75) is 27.2 Å². The number of anilines is 1. The van der Waals surface area contributed by atoms with Gasteiger partial charge in [-0.25, -0.2) is 0 Å². The van der Waals surface area contributed by atoms with Crippen LogP contribution < -0.4 is 15.4 Å². The number of amides is 1. The minimum absolute atomic E-state index is 0.181. The summed E-state index contributed by atoms with van der Waals surface area (Å²) >= 11 is 9.97. The largest absolute Gasteiger partial charge is 0.492 e. The van der Waals surface area contributed by atoms with E-state index in [9.17, 15) is 4.79 Å². The topological polar surface area (TPSA) is 76.1 Å². The maximum absolute atomic E-state index is 12.3. The van der Waals surface area contributed by atoms with Gasteiger partial charge in [-0.3, -0.25) is 10.1 Å². The van der Waals surface area contributed by atoms with Gasteiger partial charge in [-0.15, -0.1) is 10.2 Å². The number of carbonyl (C=O) groups is 1. The van der Waals surface area contributed by atoms with Crippen LogP contribution in [0.25, 0.3) is 0 Å². The first kappa shape index (κ1) is 19.7. The molecule has 0 unspecified atom stereocenters. The number of aromatic nitrogens is 2. The van der Waals surface area contributed by atoms with Gasteiger partial charge in [0.1, 0.15) is 10.8 Å². The van der Waals surface area contributed by atoms with Crippen molar-refractivity contribution < 1.29 is 9.53 Å². The molecule has 1 heterocycles. The number of carbonyl (C=O) groups excluding carboxylic acids is 1. The Morgan fingerprint density at radius 3 is 2.76 bits per heavy atom. The highest BCUT2D eigenvalue weighted by atomic mass is 79.9. The van der Waals surface area contributed by atoms with Crippen molar-refractivity contribution in [3.63, 3.8) is 0 Å². The molecule has 0 aliphatic rings. The molecule has 2 N–H and O–H groups in total. The standard InChI is InChI=1S/C16H19BrN4O2S2/c1-4-13-20-21-16(25-13)19-15(24)18-14(22)10-5-6-12(11(17)7-10)23-8-9(2)3/h5-7,9H,4,8H2,1-3H3,(H2,18,19,21,22,24). The van der Waals surface area contributed by atoms with E-state index in [1.165, 1.54) is 11.3 Å². The molecule has 0 spiro atoms. The van der Waals surface area contributed by atoms with Gasteiger partial charge in [-0.05, 0) is 58.7 Å². The predicted molar refractivity (Wildman–Crippen MR) is 107 cm³/mol. The molecular weight excluding hydrogens is 424 g/mol. The summed E-state index contributed by atoms with van der Waals surface area (Å²) in [6.45, 7) is 6.76. The summed E-state index contributed by atoms with van der Waals surface area (Å²) in [5, 5.41) is 15.1. The highest BCUT2D eigenvalue weighted by Gasteiger charge is 2.12. The third-order valence-electron chi connectivity index (χ3n) is 2.98. The third-order valence-corrected chi connectivity index (χ3v) is 4.79. The van der Waals surface area contributed by atoms with E-state index < -0.39 is 0 Å². The molecule has 0 saturated carbocycles. The second-order valence-electron chi connectivity index (χ2n) is 5.61. The Bertz CT molecular complexity index is 764. The summed E-state index contributed by atoms with van der Waals surface area (Å²) in [7, 11) is 0. The molecule has 134 valence electrons. The van der Waals surface area contributed by atoms with Gasteiger partial charge < -0.3 is 10.1 Å². The first-order valence-corrected chi connectivity index (χ1v) is 9.77. The van der Waals surface area contributed by atoms with Crippen LogP contribution in [0.2, 0.25) is 0 Å². The molecule has 1 amide bonds. The number of hydrogen-bond acceptors (Lipinski definition) is 6. The Morgan fingerprint density at radius 1 is 1.40 bits per heavy atom. The molecule has 0 aliphatic carbocycles. The zero-order valence-electron chi connectivity index (χ0n) is 14.1. The molecule has 1 aromatic heterocycles. The lowest BCUT2D eigenvalue weighted by Crippen LogP contribution is -2.34. The van der Waals surface area contributed by atoms with Crippen molar-refractivity contribution in [2.75, 3.05) is 11.9 Å². The van der Waals surface area contributed by atoms with E-state index in [4.69, 9.17) is 17.0 Å². The summed E-state index contributed by atoms with van der Waals surface area (Å²) < 4.78 is 6.39. The van der Waals surface area contributed by atoms with E-state index in [2.05, 4.69) is 50.6 Å². The van der Waals surface area contributed by atoms with Gasteiger partial charge in [0.25, 0.3) is 5.91 Å². The van der Waals surface area contributed by atoms with Crippen LogP contribution >= 0.6 is 39.5 Å². The molecule has 0 aliphatic heterocycles. The summed E-state index contributed by atoms with van der Waals surface area (Å²) in [6, 6.07) is 5.16. The zero-order chi connectivity index (χ0) is 18.4. The zero-order valence-corrected chi connectivity index (χ0v) is 17.3. The summed E-state index contributed by atoms with van der Waals surface area (Å²) in [4.78, 5) is 12.3. The van der Waals surface area contributed by atoms with Crippen LogP contribution in [0, 0.1) is 5.92 Å². The summed E-state index contributed by atoms with van der Waals surface area (Å²) in [6.07, 6.45) is 0.803. The van der Waals surface area contributed by atoms with E-state index in [-0.39, 0.29) is 11.0 Å². The maximum Gasteiger partial charge on any atom is 0.257 e. The van der Waals surface area contributed by atoms with Gasteiger partial charge in [0.05, 0.1) is 11.1 Å². The maximum atomic E-state index is 12.3. The van der Waals surface area contributed by atoms with Crippen LogP contribution in [-0.4, -0.2) is 27.8 Å². The molecule has 0 fully saturated rings. The van der Waals surface area contributed by atoms with E-state index in [1.807, 2.05) is 6.92 Å². The summed E-state index contributed by atoms with van der Waals surface area (Å²) in [5.41, 5.74) is 0.472. The number of benzene rings is 1. The molecule has 2 rings (SSSR count). The number of hydrogen-bond donors (Lipinski definition) is 2. The van der Waals surface area contributed by atoms with Crippen molar-refractivity contribution in [2.24, 2.45) is 5.92 Å². The van der Waals surface area contributed by atoms with Gasteiger partial charge in [-0.1, -0.05) is 32.1 Å². The van der Waals surface area contributed by atoms with E-state index >= 15 is 0 Å². The highest BCUT2D eigenvalue weighted by Crippen LogP contribution is 2.26. The number of halogens is 1. The molecule has 0 radical (unpaired) electrons. The number of ether oxygens (including phenoxy) is 1. The molecular formula is C16H19BrN4O2S2. The predicted octanol–water partition coefficient (Wildman–Crippen LogP) is 4.02. The second-order valence-corrected chi connectivity index (χ2v) is 7.94. The van der Waals surface area contributed by atoms with Crippen LogP contribution in [0.1, 0.15) is 36.1 Å². The lowest BCUT2D eigenvalue weighted by molar-refractivity contribution is 0.0977. The fourth-order valence-electron chi connectivity index (χ4n) is 1.77. The quantitative estimate of drug-likeness (QED) is 0.657. The minimum Gasteiger partial charge on any atom is -0.492 e. The fourth-order valence-corrected chi connectivity index (χ4v) is 3.20. The first-order valence-electron chi connectivity index (χ1n) is 7.76. The van der Waals surface area contributed by atoms with Crippen molar-refractivity contribution in [1.82, 2.24) is 15.5 Å². The molecule has 6 nitrogen and oxygen atoms in total. The van der Waals surface area contributed by atoms with Crippen molar-refractivity contribution in [1.29, 1.82) is 0 Å². The number of rotatable bonds is 6. The molecule has 2 aromatic rings. The van der Waals surface area contributed by atoms with Crippen molar-refractivity contribution in [3.8, 4) is 5.75 Å². The lowest BCUT2D eigenvalue weighted by atomic mass is 10.2. The van der Waals surface area contributed by atoms with Crippen LogP contribution in [-0.2, 0) is 6.42 Å². The van der Waals surface area contributed by atoms with Gasteiger partial charge in [0, 0.05) is 5.56 Å². The fraction of sp³-hybridized carbons (Fsp3) is 0.375. The Hall–Kier alpha value is -1.58. The molecule has 25 heavy (non-hydrogen) atoms. The Kier molecular flexibility index (Phi) is 7.27. The van der Waals surface area contributed by atoms with Gasteiger partial charge in [0.15, 0.2) is 5.11 Å². The number of thiocarbonyl (C=S) groups is 1. The third kappa shape index (κ3) is 6.02. The smallest absolute Gasteiger partial charge is 0.257 e. The molecule has 9 heteroatoms. The molecule has 0 atom stereocenters. The number of nitrogens with one attached hydrogen (secondary N) is 2. The van der Waals surface area contributed by atoms with Gasteiger partial charge in [0.2, 0.25) is 5.13 Å². The second kappa shape index (κ2) is 9.21.